The van der Waals surface area contributed by atoms with Crippen LogP contribution in [0.2, 0.25) is 0 Å². The van der Waals surface area contributed by atoms with Crippen molar-refractivity contribution in [3.63, 3.8) is 0 Å². The zero-order chi connectivity index (χ0) is 20.1. The second kappa shape index (κ2) is 8.76. The molecule has 0 radical (unpaired) electrons. The number of amidine groups is 1. The van der Waals surface area contributed by atoms with Crippen LogP contribution in [0.1, 0.15) is 44.1 Å². The SMILES string of the molecule is O=C(C[C@@H]1S/C(=N/N=C2CCCCC2)NC1=O)Nc1ccccc1C(F)(F)F. The van der Waals surface area contributed by atoms with Gasteiger partial charge in [0, 0.05) is 12.1 Å². The summed E-state index contributed by atoms with van der Waals surface area (Å²) < 4.78 is 39.0. The van der Waals surface area contributed by atoms with Crippen molar-refractivity contribution in [2.75, 3.05) is 5.32 Å². The van der Waals surface area contributed by atoms with Gasteiger partial charge >= 0.3 is 6.18 Å². The van der Waals surface area contributed by atoms with Crippen LogP contribution < -0.4 is 10.6 Å². The van der Waals surface area contributed by atoms with E-state index in [0.29, 0.717) is 5.17 Å². The zero-order valence-electron chi connectivity index (χ0n) is 14.9. The lowest BCUT2D eigenvalue weighted by Gasteiger charge is -2.14. The molecule has 1 saturated heterocycles. The summed E-state index contributed by atoms with van der Waals surface area (Å²) in [5, 5.41) is 12.5. The maximum atomic E-state index is 13.0. The van der Waals surface area contributed by atoms with Crippen LogP contribution in [0.4, 0.5) is 18.9 Å². The van der Waals surface area contributed by atoms with Gasteiger partial charge < -0.3 is 10.6 Å². The van der Waals surface area contributed by atoms with Crippen molar-refractivity contribution >= 4 is 40.1 Å². The van der Waals surface area contributed by atoms with Gasteiger partial charge in [-0.1, -0.05) is 30.3 Å². The first-order chi connectivity index (χ1) is 13.3. The molecule has 150 valence electrons. The molecule has 1 saturated carbocycles. The molecule has 28 heavy (non-hydrogen) atoms. The van der Waals surface area contributed by atoms with Gasteiger partial charge in [-0.15, -0.1) is 5.10 Å². The Bertz CT molecular complexity index is 815. The number of halogens is 3. The summed E-state index contributed by atoms with van der Waals surface area (Å²) in [6.07, 6.45) is 0.256. The number of carbonyl (C=O) groups excluding carboxylic acids is 2. The minimum Gasteiger partial charge on any atom is -0.325 e. The second-order valence-corrected chi connectivity index (χ2v) is 7.71. The molecule has 1 aliphatic carbocycles. The molecular formula is C18H19F3N4O2S. The molecule has 1 aromatic carbocycles. The van der Waals surface area contributed by atoms with Gasteiger partial charge in [-0.25, -0.2) is 0 Å². The molecule has 1 heterocycles. The molecule has 10 heteroatoms. The fourth-order valence-electron chi connectivity index (χ4n) is 2.97. The molecule has 2 amide bonds. The van der Waals surface area contributed by atoms with E-state index in [1.807, 2.05) is 0 Å². The molecule has 6 nitrogen and oxygen atoms in total. The van der Waals surface area contributed by atoms with E-state index in [0.717, 1.165) is 49.2 Å². The predicted octanol–water partition coefficient (Wildman–Crippen LogP) is 3.94. The summed E-state index contributed by atoms with van der Waals surface area (Å²) in [6.45, 7) is 0. The molecule has 0 aromatic heterocycles. The van der Waals surface area contributed by atoms with Crippen LogP contribution in [0.5, 0.6) is 0 Å². The van der Waals surface area contributed by atoms with Crippen LogP contribution in [0.25, 0.3) is 0 Å². The minimum atomic E-state index is -4.58. The number of alkyl halides is 3. The third-order valence-electron chi connectivity index (χ3n) is 4.37. The Kier molecular flexibility index (Phi) is 6.38. The number of rotatable bonds is 4. The average Bonchev–Trinajstić information content (AvgIpc) is 3.00. The van der Waals surface area contributed by atoms with Crippen molar-refractivity contribution in [3.8, 4) is 0 Å². The van der Waals surface area contributed by atoms with Gasteiger partial charge in [0.05, 0.1) is 11.3 Å². The van der Waals surface area contributed by atoms with Crippen molar-refractivity contribution in [2.24, 2.45) is 10.2 Å². The molecule has 1 aromatic rings. The normalized spacial score (nSPS) is 21.5. The maximum Gasteiger partial charge on any atom is 0.418 e. The Labute approximate surface area is 164 Å². The molecule has 1 aliphatic heterocycles. The number of nitrogens with one attached hydrogen (secondary N) is 2. The molecule has 2 aliphatic rings. The van der Waals surface area contributed by atoms with E-state index < -0.39 is 28.8 Å². The Balaban J connectivity index is 1.60. The van der Waals surface area contributed by atoms with Gasteiger partial charge in [-0.3, -0.25) is 9.59 Å². The largest absolute Gasteiger partial charge is 0.418 e. The molecule has 1 atom stereocenters. The van der Waals surface area contributed by atoms with E-state index in [9.17, 15) is 22.8 Å². The van der Waals surface area contributed by atoms with Gasteiger partial charge in [-0.05, 0) is 37.8 Å². The smallest absolute Gasteiger partial charge is 0.325 e. The Hall–Kier alpha value is -2.36. The summed E-state index contributed by atoms with van der Waals surface area (Å²) in [7, 11) is 0. The van der Waals surface area contributed by atoms with Crippen LogP contribution in [0.15, 0.2) is 34.5 Å². The lowest BCUT2D eigenvalue weighted by Crippen LogP contribution is -2.28. The van der Waals surface area contributed by atoms with Crippen molar-refractivity contribution in [1.82, 2.24) is 5.32 Å². The van der Waals surface area contributed by atoms with E-state index in [1.54, 1.807) is 0 Å². The molecule has 0 bridgehead atoms. The van der Waals surface area contributed by atoms with Crippen molar-refractivity contribution in [1.29, 1.82) is 0 Å². The summed E-state index contributed by atoms with van der Waals surface area (Å²) in [4.78, 5) is 24.2. The summed E-state index contributed by atoms with van der Waals surface area (Å²) in [6, 6.07) is 4.71. The monoisotopic (exact) mass is 412 g/mol. The van der Waals surface area contributed by atoms with E-state index >= 15 is 0 Å². The standard InChI is InChI=1S/C18H19F3N4O2S/c19-18(20,21)12-8-4-5-9-13(12)22-15(26)10-14-16(27)23-17(28-14)25-24-11-6-2-1-3-7-11/h4-5,8-9,14H,1-3,6-7,10H2,(H,22,26)(H,23,25,27)/t14-/m0/s1. The summed E-state index contributed by atoms with van der Waals surface area (Å²) >= 11 is 1.06. The van der Waals surface area contributed by atoms with Gasteiger partial charge in [0.1, 0.15) is 5.25 Å². The lowest BCUT2D eigenvalue weighted by molar-refractivity contribution is -0.137. The van der Waals surface area contributed by atoms with Crippen molar-refractivity contribution < 1.29 is 22.8 Å². The number of carbonyl (C=O) groups is 2. The van der Waals surface area contributed by atoms with Crippen molar-refractivity contribution in [3.05, 3.63) is 29.8 Å². The quantitative estimate of drug-likeness (QED) is 0.735. The molecule has 2 fully saturated rings. The molecule has 2 N–H and O–H groups in total. The number of nitrogens with zero attached hydrogens (tertiary/aromatic N) is 2. The van der Waals surface area contributed by atoms with Crippen molar-refractivity contribution in [2.45, 2.75) is 50.0 Å². The summed E-state index contributed by atoms with van der Waals surface area (Å²) in [5.74, 6) is -1.09. The highest BCUT2D eigenvalue weighted by atomic mass is 32.2. The van der Waals surface area contributed by atoms with Gasteiger partial charge in [0.25, 0.3) is 0 Å². The average molecular weight is 412 g/mol. The van der Waals surface area contributed by atoms with Crippen LogP contribution in [-0.2, 0) is 15.8 Å². The fraction of sp³-hybridized carbons (Fsp3) is 0.444. The highest BCUT2D eigenvalue weighted by Crippen LogP contribution is 2.34. The Morgan fingerprint density at radius 1 is 1.18 bits per heavy atom. The van der Waals surface area contributed by atoms with Crippen LogP contribution in [0, 0.1) is 0 Å². The molecule has 0 spiro atoms. The number of hydrogen-bond donors (Lipinski definition) is 2. The van der Waals surface area contributed by atoms with E-state index in [2.05, 4.69) is 20.8 Å². The van der Waals surface area contributed by atoms with E-state index in [4.69, 9.17) is 0 Å². The Morgan fingerprint density at radius 3 is 2.61 bits per heavy atom. The zero-order valence-corrected chi connectivity index (χ0v) is 15.7. The molecule has 0 unspecified atom stereocenters. The second-order valence-electron chi connectivity index (χ2n) is 6.52. The number of hydrogen-bond acceptors (Lipinski definition) is 5. The first-order valence-electron chi connectivity index (χ1n) is 8.90. The fourth-order valence-corrected chi connectivity index (χ4v) is 3.89. The third kappa shape index (κ3) is 5.34. The van der Waals surface area contributed by atoms with Crippen LogP contribution >= 0.6 is 11.8 Å². The molecular weight excluding hydrogens is 393 g/mol. The van der Waals surface area contributed by atoms with E-state index in [-0.39, 0.29) is 12.1 Å². The predicted molar refractivity (Wildman–Crippen MR) is 102 cm³/mol. The minimum absolute atomic E-state index is 0.266. The van der Waals surface area contributed by atoms with E-state index in [1.165, 1.54) is 24.6 Å². The first kappa shape index (κ1) is 20.4. The highest BCUT2D eigenvalue weighted by Gasteiger charge is 2.35. The highest BCUT2D eigenvalue weighted by molar-refractivity contribution is 8.15. The van der Waals surface area contributed by atoms with Crippen LogP contribution in [0.3, 0.4) is 0 Å². The first-order valence-corrected chi connectivity index (χ1v) is 9.78. The topological polar surface area (TPSA) is 82.9 Å². The van der Waals surface area contributed by atoms with Gasteiger partial charge in [-0.2, -0.15) is 18.3 Å². The summed E-state index contributed by atoms with van der Waals surface area (Å²) in [5.41, 5.74) is -0.281. The van der Waals surface area contributed by atoms with Gasteiger partial charge in [0.15, 0.2) is 5.17 Å². The third-order valence-corrected chi connectivity index (χ3v) is 5.44. The molecule has 3 rings (SSSR count). The Morgan fingerprint density at radius 2 is 1.89 bits per heavy atom. The number of para-hydroxylation sites is 1. The maximum absolute atomic E-state index is 13.0. The number of benzene rings is 1. The van der Waals surface area contributed by atoms with Crippen LogP contribution in [-0.4, -0.2) is 27.9 Å². The number of thioether (sulfide) groups is 1. The lowest BCUT2D eigenvalue weighted by atomic mass is 9.99. The number of amides is 2. The van der Waals surface area contributed by atoms with Gasteiger partial charge in [0.2, 0.25) is 11.8 Å². The number of anilines is 1.